The summed E-state index contributed by atoms with van der Waals surface area (Å²) in [5.74, 6) is 1.21. The standard InChI is InChI=1S/C16H24ClNOS/c1-6-7-19-15-9(2)8-13(17)12(5)14(15)10(3)11(4)16(18)20/h8,10-11H,6-7H2,1-5H3,(H2,18,20). The van der Waals surface area contributed by atoms with E-state index in [0.29, 0.717) is 11.6 Å². The maximum absolute atomic E-state index is 6.33. The number of nitrogens with two attached hydrogens (primary N) is 1. The molecule has 0 aliphatic heterocycles. The molecule has 2 unspecified atom stereocenters. The van der Waals surface area contributed by atoms with Gasteiger partial charge in [-0.3, -0.25) is 0 Å². The Hall–Kier alpha value is -0.800. The summed E-state index contributed by atoms with van der Waals surface area (Å²) in [5, 5.41) is 0.767. The highest BCUT2D eigenvalue weighted by Gasteiger charge is 2.24. The summed E-state index contributed by atoms with van der Waals surface area (Å²) in [5.41, 5.74) is 9.05. The van der Waals surface area contributed by atoms with Crippen molar-refractivity contribution in [2.24, 2.45) is 11.7 Å². The van der Waals surface area contributed by atoms with Gasteiger partial charge in [0.1, 0.15) is 5.75 Å². The molecule has 0 heterocycles. The third-order valence-electron chi connectivity index (χ3n) is 3.81. The van der Waals surface area contributed by atoms with Crippen LogP contribution >= 0.6 is 23.8 Å². The normalized spacial score (nSPS) is 13.9. The van der Waals surface area contributed by atoms with Crippen molar-refractivity contribution in [2.45, 2.75) is 47.0 Å². The van der Waals surface area contributed by atoms with Crippen molar-refractivity contribution in [1.29, 1.82) is 0 Å². The number of rotatable bonds is 6. The first kappa shape index (κ1) is 17.3. The second-order valence-electron chi connectivity index (χ2n) is 5.37. The van der Waals surface area contributed by atoms with Crippen LogP contribution in [0.2, 0.25) is 5.02 Å². The van der Waals surface area contributed by atoms with E-state index >= 15 is 0 Å². The second kappa shape index (κ2) is 7.28. The lowest BCUT2D eigenvalue weighted by molar-refractivity contribution is 0.309. The predicted octanol–water partition coefficient (Wildman–Crippen LogP) is 4.77. The van der Waals surface area contributed by atoms with Crippen LogP contribution in [0.15, 0.2) is 6.07 Å². The zero-order valence-corrected chi connectivity index (χ0v) is 14.5. The molecule has 2 N–H and O–H groups in total. The van der Waals surface area contributed by atoms with Crippen molar-refractivity contribution in [2.75, 3.05) is 6.61 Å². The van der Waals surface area contributed by atoms with E-state index in [9.17, 15) is 0 Å². The van der Waals surface area contributed by atoms with Gasteiger partial charge in [-0.05, 0) is 43.4 Å². The van der Waals surface area contributed by atoms with Crippen molar-refractivity contribution < 1.29 is 4.74 Å². The summed E-state index contributed by atoms with van der Waals surface area (Å²) < 4.78 is 5.96. The molecule has 1 aromatic rings. The molecule has 0 amide bonds. The van der Waals surface area contributed by atoms with E-state index in [1.807, 2.05) is 26.8 Å². The lowest BCUT2D eigenvalue weighted by Gasteiger charge is -2.26. The highest BCUT2D eigenvalue weighted by molar-refractivity contribution is 7.80. The molecule has 20 heavy (non-hydrogen) atoms. The first-order chi connectivity index (χ1) is 9.31. The van der Waals surface area contributed by atoms with Gasteiger partial charge in [-0.1, -0.05) is 44.6 Å². The fourth-order valence-electron chi connectivity index (χ4n) is 2.32. The van der Waals surface area contributed by atoms with Crippen LogP contribution in [0.5, 0.6) is 5.75 Å². The van der Waals surface area contributed by atoms with Gasteiger partial charge >= 0.3 is 0 Å². The van der Waals surface area contributed by atoms with E-state index in [4.69, 9.17) is 34.3 Å². The minimum Gasteiger partial charge on any atom is -0.493 e. The first-order valence-electron chi connectivity index (χ1n) is 7.02. The Balaban J connectivity index is 3.36. The highest BCUT2D eigenvalue weighted by atomic mass is 35.5. The van der Waals surface area contributed by atoms with Gasteiger partial charge in [0.2, 0.25) is 0 Å². The zero-order chi connectivity index (χ0) is 15.4. The van der Waals surface area contributed by atoms with E-state index in [0.717, 1.165) is 33.9 Å². The van der Waals surface area contributed by atoms with Crippen molar-refractivity contribution in [1.82, 2.24) is 0 Å². The van der Waals surface area contributed by atoms with Gasteiger partial charge in [-0.15, -0.1) is 0 Å². The Kier molecular flexibility index (Phi) is 6.28. The second-order valence-corrected chi connectivity index (χ2v) is 6.25. The molecule has 0 fully saturated rings. The fourth-order valence-corrected chi connectivity index (χ4v) is 2.79. The fraction of sp³-hybridized carbons (Fsp3) is 0.562. The maximum Gasteiger partial charge on any atom is 0.126 e. The molecule has 0 aliphatic carbocycles. The average molecular weight is 314 g/mol. The molecular weight excluding hydrogens is 290 g/mol. The lowest BCUT2D eigenvalue weighted by atomic mass is 9.84. The lowest BCUT2D eigenvalue weighted by Crippen LogP contribution is -2.24. The minimum absolute atomic E-state index is 0.102. The summed E-state index contributed by atoms with van der Waals surface area (Å²) >= 11 is 11.5. The molecule has 0 saturated heterocycles. The van der Waals surface area contributed by atoms with Gasteiger partial charge in [0.15, 0.2) is 0 Å². The zero-order valence-electron chi connectivity index (χ0n) is 12.9. The summed E-state index contributed by atoms with van der Waals surface area (Å²) in [6.07, 6.45) is 0.972. The summed E-state index contributed by atoms with van der Waals surface area (Å²) in [6, 6.07) is 1.96. The number of hydrogen-bond donors (Lipinski definition) is 1. The third kappa shape index (κ3) is 3.64. The molecule has 0 bridgehead atoms. The molecule has 0 radical (unpaired) electrons. The van der Waals surface area contributed by atoms with Gasteiger partial charge in [0.25, 0.3) is 0 Å². The quantitative estimate of drug-likeness (QED) is 0.768. The van der Waals surface area contributed by atoms with Crippen LogP contribution in [0.3, 0.4) is 0 Å². The van der Waals surface area contributed by atoms with Crippen LogP contribution in [0.25, 0.3) is 0 Å². The van der Waals surface area contributed by atoms with Crippen molar-refractivity contribution in [3.8, 4) is 5.75 Å². The van der Waals surface area contributed by atoms with Crippen LogP contribution in [0.4, 0.5) is 0 Å². The van der Waals surface area contributed by atoms with Gasteiger partial charge < -0.3 is 10.5 Å². The molecule has 2 atom stereocenters. The Morgan fingerprint density at radius 3 is 2.50 bits per heavy atom. The minimum atomic E-state index is 0.102. The highest BCUT2D eigenvalue weighted by Crippen LogP contribution is 2.40. The predicted molar refractivity (Wildman–Crippen MR) is 91.1 cm³/mol. The monoisotopic (exact) mass is 313 g/mol. The van der Waals surface area contributed by atoms with Gasteiger partial charge in [0, 0.05) is 16.5 Å². The van der Waals surface area contributed by atoms with Gasteiger partial charge in [-0.25, -0.2) is 0 Å². The Bertz CT molecular complexity index is 502. The van der Waals surface area contributed by atoms with Gasteiger partial charge in [-0.2, -0.15) is 0 Å². The molecule has 0 saturated carbocycles. The van der Waals surface area contributed by atoms with Crippen LogP contribution in [0.1, 0.15) is 49.8 Å². The van der Waals surface area contributed by atoms with Crippen LogP contribution < -0.4 is 10.5 Å². The van der Waals surface area contributed by atoms with Crippen LogP contribution in [-0.4, -0.2) is 11.6 Å². The SMILES string of the molecule is CCCOc1c(C)cc(Cl)c(C)c1C(C)C(C)C(N)=S. The molecule has 0 spiro atoms. The number of benzene rings is 1. The number of aryl methyl sites for hydroxylation is 1. The van der Waals surface area contributed by atoms with E-state index in [1.165, 1.54) is 0 Å². The molecular formula is C16H24ClNOS. The van der Waals surface area contributed by atoms with Crippen molar-refractivity contribution in [3.05, 3.63) is 27.8 Å². The largest absolute Gasteiger partial charge is 0.493 e. The van der Waals surface area contributed by atoms with Gasteiger partial charge in [0.05, 0.1) is 11.6 Å². The molecule has 112 valence electrons. The number of halogens is 1. The Labute approximate surface area is 132 Å². The molecule has 0 aliphatic rings. The number of ether oxygens (including phenoxy) is 1. The number of hydrogen-bond acceptors (Lipinski definition) is 2. The average Bonchev–Trinajstić information content (AvgIpc) is 2.39. The van der Waals surface area contributed by atoms with E-state index < -0.39 is 0 Å². The summed E-state index contributed by atoms with van der Waals surface area (Å²) in [6.45, 7) is 11.0. The molecule has 1 rings (SSSR count). The van der Waals surface area contributed by atoms with Crippen LogP contribution in [-0.2, 0) is 0 Å². The first-order valence-corrected chi connectivity index (χ1v) is 7.81. The maximum atomic E-state index is 6.33. The Morgan fingerprint density at radius 1 is 1.40 bits per heavy atom. The number of thiocarbonyl (C=S) groups is 1. The van der Waals surface area contributed by atoms with E-state index in [1.54, 1.807) is 0 Å². The van der Waals surface area contributed by atoms with E-state index in [2.05, 4.69) is 13.8 Å². The summed E-state index contributed by atoms with van der Waals surface area (Å²) in [7, 11) is 0. The van der Waals surface area contributed by atoms with E-state index in [-0.39, 0.29) is 11.8 Å². The summed E-state index contributed by atoms with van der Waals surface area (Å²) in [4.78, 5) is 0.524. The third-order valence-corrected chi connectivity index (χ3v) is 4.58. The van der Waals surface area contributed by atoms with Crippen molar-refractivity contribution >= 4 is 28.8 Å². The van der Waals surface area contributed by atoms with Crippen molar-refractivity contribution in [3.63, 3.8) is 0 Å². The Morgan fingerprint density at radius 2 is 2.00 bits per heavy atom. The topological polar surface area (TPSA) is 35.2 Å². The molecule has 1 aromatic carbocycles. The molecule has 2 nitrogen and oxygen atoms in total. The van der Waals surface area contributed by atoms with Crippen LogP contribution in [0, 0.1) is 19.8 Å². The smallest absolute Gasteiger partial charge is 0.126 e. The molecule has 0 aromatic heterocycles. The molecule has 4 heteroatoms.